The summed E-state index contributed by atoms with van der Waals surface area (Å²) in [6.07, 6.45) is -2.83. The van der Waals surface area contributed by atoms with Crippen LogP contribution < -0.4 is 5.32 Å². The molecule has 0 aliphatic rings. The number of aromatic nitrogens is 2. The molecule has 80 valence electrons. The molecule has 0 saturated carbocycles. The summed E-state index contributed by atoms with van der Waals surface area (Å²) in [6.45, 7) is 3.01. The summed E-state index contributed by atoms with van der Waals surface area (Å²) in [6, 6.07) is 0. The van der Waals surface area contributed by atoms with Gasteiger partial charge in [-0.3, -0.25) is 0 Å². The lowest BCUT2D eigenvalue weighted by Crippen LogP contribution is -2.19. The molecule has 0 radical (unpaired) electrons. The smallest absolute Gasteiger partial charge is 0.356 e. The number of imidazole rings is 1. The highest BCUT2D eigenvalue weighted by molar-refractivity contribution is 5.28. The molecular formula is C8H12F3N3. The van der Waals surface area contributed by atoms with Crippen LogP contribution in [0.4, 0.5) is 19.1 Å². The van der Waals surface area contributed by atoms with E-state index in [2.05, 4.69) is 10.3 Å². The summed E-state index contributed by atoms with van der Waals surface area (Å²) in [5.41, 5.74) is 0.574. The molecule has 0 spiro atoms. The van der Waals surface area contributed by atoms with Crippen LogP contribution in [0.2, 0.25) is 0 Å². The molecule has 0 amide bonds. The summed E-state index contributed by atoms with van der Waals surface area (Å²) < 4.78 is 37.4. The van der Waals surface area contributed by atoms with Crippen LogP contribution >= 0.6 is 0 Å². The third-order valence-corrected chi connectivity index (χ3v) is 1.58. The first-order chi connectivity index (χ1) is 6.42. The van der Waals surface area contributed by atoms with Crippen LogP contribution in [0.5, 0.6) is 0 Å². The van der Waals surface area contributed by atoms with E-state index in [1.54, 1.807) is 6.92 Å². The molecule has 14 heavy (non-hydrogen) atoms. The molecule has 3 nitrogen and oxygen atoms in total. The number of alkyl halides is 3. The van der Waals surface area contributed by atoms with Gasteiger partial charge in [0.05, 0.1) is 5.69 Å². The van der Waals surface area contributed by atoms with Crippen LogP contribution in [0.1, 0.15) is 12.6 Å². The average Bonchev–Trinajstić information content (AvgIpc) is 2.28. The lowest BCUT2D eigenvalue weighted by molar-refractivity contribution is -0.140. The minimum absolute atomic E-state index is 0.266. The second-order valence-electron chi connectivity index (χ2n) is 2.98. The Labute approximate surface area is 79.9 Å². The van der Waals surface area contributed by atoms with Crippen molar-refractivity contribution in [3.8, 4) is 0 Å². The van der Waals surface area contributed by atoms with E-state index in [1.807, 2.05) is 6.92 Å². The third kappa shape index (κ3) is 2.93. The van der Waals surface area contributed by atoms with Crippen LogP contribution in [0, 0.1) is 6.92 Å². The van der Waals surface area contributed by atoms with Gasteiger partial charge in [0.2, 0.25) is 5.95 Å². The van der Waals surface area contributed by atoms with Crippen LogP contribution in [0.25, 0.3) is 0 Å². The lowest BCUT2D eigenvalue weighted by atomic mass is 10.5. The molecule has 0 aliphatic carbocycles. The molecule has 1 aromatic heterocycles. The molecule has 1 aromatic rings. The van der Waals surface area contributed by atoms with Crippen LogP contribution in [0.15, 0.2) is 6.20 Å². The molecule has 1 N–H and O–H groups in total. The summed E-state index contributed by atoms with van der Waals surface area (Å²) in [4.78, 5) is 3.94. The van der Waals surface area contributed by atoms with Gasteiger partial charge in [-0.1, -0.05) is 0 Å². The van der Waals surface area contributed by atoms with Crippen molar-refractivity contribution in [3.05, 3.63) is 11.9 Å². The van der Waals surface area contributed by atoms with E-state index in [1.165, 1.54) is 6.20 Å². The van der Waals surface area contributed by atoms with Crippen LogP contribution in [0.3, 0.4) is 0 Å². The summed E-state index contributed by atoms with van der Waals surface area (Å²) in [5, 5.41) is 2.77. The van der Waals surface area contributed by atoms with Gasteiger partial charge >= 0.3 is 6.18 Å². The van der Waals surface area contributed by atoms with Gasteiger partial charge in [0.25, 0.3) is 0 Å². The van der Waals surface area contributed by atoms with Crippen molar-refractivity contribution in [2.75, 3.05) is 11.9 Å². The maximum absolute atomic E-state index is 12.1. The molecule has 0 atom stereocenters. The van der Waals surface area contributed by atoms with Crippen molar-refractivity contribution in [2.45, 2.75) is 26.6 Å². The largest absolute Gasteiger partial charge is 0.406 e. The van der Waals surface area contributed by atoms with Crippen LogP contribution in [-0.4, -0.2) is 22.3 Å². The molecule has 0 saturated heterocycles. The van der Waals surface area contributed by atoms with E-state index in [0.717, 1.165) is 4.57 Å². The molecule has 6 heteroatoms. The zero-order valence-electron chi connectivity index (χ0n) is 8.02. The fraction of sp³-hybridized carbons (Fsp3) is 0.625. The van der Waals surface area contributed by atoms with Crippen molar-refractivity contribution in [1.29, 1.82) is 0 Å². The Bertz CT molecular complexity index is 303. The van der Waals surface area contributed by atoms with E-state index < -0.39 is 12.7 Å². The number of hydrogen-bond donors (Lipinski definition) is 1. The Morgan fingerprint density at radius 3 is 2.64 bits per heavy atom. The third-order valence-electron chi connectivity index (χ3n) is 1.58. The predicted octanol–water partition coefficient (Wildman–Crippen LogP) is 2.19. The van der Waals surface area contributed by atoms with Crippen molar-refractivity contribution >= 4 is 5.95 Å². The van der Waals surface area contributed by atoms with E-state index in [-0.39, 0.29) is 5.95 Å². The van der Waals surface area contributed by atoms with Gasteiger partial charge in [-0.05, 0) is 13.8 Å². The Balaban J connectivity index is 2.84. The number of aryl methyl sites for hydroxylation is 1. The molecule has 1 rings (SSSR count). The van der Waals surface area contributed by atoms with Crippen LogP contribution in [-0.2, 0) is 6.54 Å². The number of anilines is 1. The zero-order chi connectivity index (χ0) is 10.8. The van der Waals surface area contributed by atoms with Gasteiger partial charge in [-0.25, -0.2) is 4.98 Å². The second kappa shape index (κ2) is 3.89. The van der Waals surface area contributed by atoms with Crippen molar-refractivity contribution < 1.29 is 13.2 Å². The summed E-state index contributed by atoms with van der Waals surface area (Å²) in [7, 11) is 0. The topological polar surface area (TPSA) is 29.9 Å². The van der Waals surface area contributed by atoms with Crippen molar-refractivity contribution in [2.24, 2.45) is 0 Å². The lowest BCUT2D eigenvalue weighted by Gasteiger charge is -2.10. The first kappa shape index (κ1) is 10.9. The SMILES string of the molecule is CCNc1nc(C)cn1CC(F)(F)F. The molecule has 0 aliphatic heterocycles. The fourth-order valence-corrected chi connectivity index (χ4v) is 1.16. The molecule has 0 unspecified atom stereocenters. The van der Waals surface area contributed by atoms with E-state index in [4.69, 9.17) is 0 Å². The Morgan fingerprint density at radius 1 is 1.50 bits per heavy atom. The maximum Gasteiger partial charge on any atom is 0.406 e. The number of halogens is 3. The second-order valence-corrected chi connectivity index (χ2v) is 2.98. The van der Waals surface area contributed by atoms with Gasteiger partial charge < -0.3 is 9.88 Å². The van der Waals surface area contributed by atoms with Crippen molar-refractivity contribution in [1.82, 2.24) is 9.55 Å². The molecular weight excluding hydrogens is 195 g/mol. The molecule has 0 bridgehead atoms. The van der Waals surface area contributed by atoms with Gasteiger partial charge in [-0.15, -0.1) is 0 Å². The van der Waals surface area contributed by atoms with Gasteiger partial charge in [0, 0.05) is 12.7 Å². The monoisotopic (exact) mass is 207 g/mol. The molecule has 0 fully saturated rings. The standard InChI is InChI=1S/C8H12F3N3/c1-3-12-7-13-6(2)4-14(7)5-8(9,10)11/h4H,3,5H2,1-2H3,(H,12,13). The Morgan fingerprint density at radius 2 is 2.14 bits per heavy atom. The normalized spacial score (nSPS) is 11.8. The summed E-state index contributed by atoms with van der Waals surface area (Å²) in [5.74, 6) is 0.266. The highest BCUT2D eigenvalue weighted by Gasteiger charge is 2.29. The molecule has 0 aromatic carbocycles. The Kier molecular flexibility index (Phi) is 3.03. The maximum atomic E-state index is 12.1. The minimum atomic E-state index is -4.21. The first-order valence-electron chi connectivity index (χ1n) is 4.27. The van der Waals surface area contributed by atoms with E-state index in [9.17, 15) is 13.2 Å². The Hall–Kier alpha value is -1.20. The highest BCUT2D eigenvalue weighted by Crippen LogP contribution is 2.20. The van der Waals surface area contributed by atoms with Gasteiger partial charge in [-0.2, -0.15) is 13.2 Å². The number of rotatable bonds is 3. The highest BCUT2D eigenvalue weighted by atomic mass is 19.4. The van der Waals surface area contributed by atoms with Gasteiger partial charge in [0.15, 0.2) is 0 Å². The molecule has 1 heterocycles. The number of nitrogens with zero attached hydrogens (tertiary/aromatic N) is 2. The number of nitrogens with one attached hydrogen (secondary N) is 1. The van der Waals surface area contributed by atoms with E-state index >= 15 is 0 Å². The van der Waals surface area contributed by atoms with Crippen molar-refractivity contribution in [3.63, 3.8) is 0 Å². The quantitative estimate of drug-likeness (QED) is 0.823. The van der Waals surface area contributed by atoms with Gasteiger partial charge in [0.1, 0.15) is 6.54 Å². The first-order valence-corrected chi connectivity index (χ1v) is 4.27. The predicted molar refractivity (Wildman–Crippen MR) is 47.2 cm³/mol. The average molecular weight is 207 g/mol. The minimum Gasteiger partial charge on any atom is -0.356 e. The zero-order valence-corrected chi connectivity index (χ0v) is 8.02. The fourth-order valence-electron chi connectivity index (χ4n) is 1.16. The van der Waals surface area contributed by atoms with E-state index in [0.29, 0.717) is 12.2 Å². The summed E-state index contributed by atoms with van der Waals surface area (Å²) >= 11 is 0. The number of hydrogen-bond acceptors (Lipinski definition) is 2.